The van der Waals surface area contributed by atoms with E-state index in [-0.39, 0.29) is 16.9 Å². The van der Waals surface area contributed by atoms with E-state index in [4.69, 9.17) is 10.2 Å². The molecule has 3 N–H and O–H groups in total. The van der Waals surface area contributed by atoms with Crippen molar-refractivity contribution in [1.29, 1.82) is 0 Å². The van der Waals surface area contributed by atoms with Crippen molar-refractivity contribution in [2.24, 2.45) is 0 Å². The highest BCUT2D eigenvalue weighted by Crippen LogP contribution is 2.29. The van der Waals surface area contributed by atoms with Crippen LogP contribution in [0, 0.1) is 0 Å². The van der Waals surface area contributed by atoms with E-state index in [0.717, 1.165) is 10.8 Å². The zero-order valence-electron chi connectivity index (χ0n) is 12.1. The van der Waals surface area contributed by atoms with Gasteiger partial charge < -0.3 is 15.3 Å². The Labute approximate surface area is 131 Å². The van der Waals surface area contributed by atoms with Crippen LogP contribution < -0.4 is 11.2 Å². The molecule has 0 radical (unpaired) electrons. The molecule has 1 heterocycles. The Morgan fingerprint density at radius 2 is 1.65 bits per heavy atom. The molecular formula is C19H13NO3. The predicted molar refractivity (Wildman–Crippen MR) is 91.5 cm³/mol. The highest BCUT2D eigenvalue weighted by Gasteiger charge is 2.09. The second-order valence-corrected chi connectivity index (χ2v) is 5.44. The minimum absolute atomic E-state index is 0.0382. The maximum absolute atomic E-state index is 12.4. The maximum atomic E-state index is 12.4. The Bertz CT molecular complexity index is 1110. The molecule has 0 atom stereocenters. The lowest BCUT2D eigenvalue weighted by molar-refractivity contribution is 0.478. The molecule has 0 spiro atoms. The summed E-state index contributed by atoms with van der Waals surface area (Å²) in [6.45, 7) is 0. The lowest BCUT2D eigenvalue weighted by Gasteiger charge is -2.06. The summed E-state index contributed by atoms with van der Waals surface area (Å²) < 4.78 is 5.88. The molecule has 0 fully saturated rings. The van der Waals surface area contributed by atoms with Crippen LogP contribution in [0.5, 0.6) is 5.75 Å². The van der Waals surface area contributed by atoms with E-state index in [1.807, 2.05) is 36.4 Å². The molecule has 0 aliphatic carbocycles. The van der Waals surface area contributed by atoms with Crippen molar-refractivity contribution >= 4 is 27.4 Å². The van der Waals surface area contributed by atoms with Gasteiger partial charge in [-0.05, 0) is 41.1 Å². The standard InChI is InChI=1S/C19H13NO3/c20-15-6-5-13(8-17(15)22)18-10-16(21)14-7-11-3-1-2-4-12(11)9-19(14)23-18/h1-10,22H,20H2. The molecule has 0 saturated carbocycles. The Morgan fingerprint density at radius 3 is 2.39 bits per heavy atom. The van der Waals surface area contributed by atoms with Gasteiger partial charge in [0, 0.05) is 11.6 Å². The first-order valence-electron chi connectivity index (χ1n) is 7.17. The summed E-state index contributed by atoms with van der Waals surface area (Å²) >= 11 is 0. The third-order valence-electron chi connectivity index (χ3n) is 3.91. The molecule has 4 aromatic rings. The number of rotatable bonds is 1. The zero-order chi connectivity index (χ0) is 16.0. The first-order chi connectivity index (χ1) is 11.1. The van der Waals surface area contributed by atoms with Crippen molar-refractivity contribution in [2.45, 2.75) is 0 Å². The fourth-order valence-corrected chi connectivity index (χ4v) is 2.68. The first kappa shape index (κ1) is 13.4. The van der Waals surface area contributed by atoms with E-state index in [9.17, 15) is 9.90 Å². The second kappa shape index (κ2) is 4.88. The number of phenols is 1. The SMILES string of the molecule is Nc1ccc(-c2cc(=O)c3cc4ccccc4cc3o2)cc1O. The molecule has 3 aromatic carbocycles. The zero-order valence-corrected chi connectivity index (χ0v) is 12.1. The van der Waals surface area contributed by atoms with Gasteiger partial charge in [0.05, 0.1) is 11.1 Å². The number of anilines is 1. The van der Waals surface area contributed by atoms with Crippen molar-refractivity contribution in [3.05, 3.63) is 70.9 Å². The molecule has 0 saturated heterocycles. The Hall–Kier alpha value is -3.27. The van der Waals surface area contributed by atoms with Crippen LogP contribution in [-0.4, -0.2) is 5.11 Å². The third-order valence-corrected chi connectivity index (χ3v) is 3.91. The van der Waals surface area contributed by atoms with Gasteiger partial charge in [-0.15, -0.1) is 0 Å². The maximum Gasteiger partial charge on any atom is 0.193 e. The molecule has 112 valence electrons. The van der Waals surface area contributed by atoms with Gasteiger partial charge in [-0.3, -0.25) is 4.79 Å². The van der Waals surface area contributed by atoms with Gasteiger partial charge in [0.1, 0.15) is 17.1 Å². The van der Waals surface area contributed by atoms with Crippen LogP contribution in [0.2, 0.25) is 0 Å². The molecule has 1 aromatic heterocycles. The van der Waals surface area contributed by atoms with E-state index in [0.29, 0.717) is 22.3 Å². The minimum atomic E-state index is -0.122. The van der Waals surface area contributed by atoms with Gasteiger partial charge in [0.25, 0.3) is 0 Å². The monoisotopic (exact) mass is 303 g/mol. The van der Waals surface area contributed by atoms with Crippen LogP contribution in [-0.2, 0) is 0 Å². The minimum Gasteiger partial charge on any atom is -0.506 e. The molecule has 0 bridgehead atoms. The van der Waals surface area contributed by atoms with Crippen molar-refractivity contribution in [2.75, 3.05) is 5.73 Å². The van der Waals surface area contributed by atoms with Crippen LogP contribution >= 0.6 is 0 Å². The van der Waals surface area contributed by atoms with E-state index in [2.05, 4.69) is 0 Å². The van der Waals surface area contributed by atoms with Crippen LogP contribution in [0.1, 0.15) is 0 Å². The summed E-state index contributed by atoms with van der Waals surface area (Å²) in [5.41, 5.74) is 6.88. The first-order valence-corrected chi connectivity index (χ1v) is 7.17. The highest BCUT2D eigenvalue weighted by atomic mass is 16.3. The Balaban J connectivity index is 2.00. The molecular weight excluding hydrogens is 290 g/mol. The predicted octanol–water partition coefficient (Wildman–Crippen LogP) is 3.90. The van der Waals surface area contributed by atoms with Gasteiger partial charge in [0.2, 0.25) is 0 Å². The molecule has 0 aliphatic rings. The van der Waals surface area contributed by atoms with Crippen molar-refractivity contribution in [1.82, 2.24) is 0 Å². The number of phenolic OH excluding ortho intramolecular Hbond substituents is 1. The van der Waals surface area contributed by atoms with Crippen molar-refractivity contribution < 1.29 is 9.52 Å². The Kier molecular flexibility index (Phi) is 2.84. The summed E-state index contributed by atoms with van der Waals surface area (Å²) in [6, 6.07) is 17.7. The van der Waals surface area contributed by atoms with Crippen LogP contribution in [0.3, 0.4) is 0 Å². The van der Waals surface area contributed by atoms with Gasteiger partial charge in [0.15, 0.2) is 5.43 Å². The molecule has 4 rings (SSSR count). The van der Waals surface area contributed by atoms with E-state index in [1.165, 1.54) is 12.1 Å². The van der Waals surface area contributed by atoms with Crippen LogP contribution in [0.15, 0.2) is 69.9 Å². The van der Waals surface area contributed by atoms with Gasteiger partial charge in [-0.1, -0.05) is 24.3 Å². The number of hydrogen-bond acceptors (Lipinski definition) is 4. The van der Waals surface area contributed by atoms with Gasteiger partial charge >= 0.3 is 0 Å². The van der Waals surface area contributed by atoms with Crippen molar-refractivity contribution in [3.63, 3.8) is 0 Å². The number of hydrogen-bond donors (Lipinski definition) is 2. The fourth-order valence-electron chi connectivity index (χ4n) is 2.68. The number of nitrogens with two attached hydrogens (primary N) is 1. The number of nitrogen functional groups attached to an aromatic ring is 1. The summed E-state index contributed by atoms with van der Waals surface area (Å²) in [5.74, 6) is 0.358. The van der Waals surface area contributed by atoms with E-state index in [1.54, 1.807) is 12.1 Å². The number of benzene rings is 3. The molecule has 0 unspecified atom stereocenters. The second-order valence-electron chi connectivity index (χ2n) is 5.44. The summed E-state index contributed by atoms with van der Waals surface area (Å²) in [4.78, 5) is 12.4. The van der Waals surface area contributed by atoms with E-state index < -0.39 is 0 Å². The summed E-state index contributed by atoms with van der Waals surface area (Å²) in [7, 11) is 0. The smallest absolute Gasteiger partial charge is 0.193 e. The normalized spacial score (nSPS) is 11.1. The third kappa shape index (κ3) is 2.21. The quantitative estimate of drug-likeness (QED) is 0.317. The molecule has 23 heavy (non-hydrogen) atoms. The topological polar surface area (TPSA) is 76.5 Å². The number of aromatic hydroxyl groups is 1. The van der Waals surface area contributed by atoms with Gasteiger partial charge in [-0.25, -0.2) is 0 Å². The molecule has 0 amide bonds. The van der Waals surface area contributed by atoms with Crippen molar-refractivity contribution in [3.8, 4) is 17.1 Å². The summed E-state index contributed by atoms with van der Waals surface area (Å²) in [6.07, 6.45) is 0. The lowest BCUT2D eigenvalue weighted by atomic mass is 10.1. The summed E-state index contributed by atoms with van der Waals surface area (Å²) in [5, 5.41) is 12.3. The van der Waals surface area contributed by atoms with Gasteiger partial charge in [-0.2, -0.15) is 0 Å². The average Bonchev–Trinajstić information content (AvgIpc) is 2.56. The van der Waals surface area contributed by atoms with E-state index >= 15 is 0 Å². The molecule has 4 nitrogen and oxygen atoms in total. The molecule has 4 heteroatoms. The largest absolute Gasteiger partial charge is 0.506 e. The average molecular weight is 303 g/mol. The van der Waals surface area contributed by atoms with Crippen LogP contribution in [0.25, 0.3) is 33.1 Å². The lowest BCUT2D eigenvalue weighted by Crippen LogP contribution is -2.00. The number of fused-ring (bicyclic) bond motifs is 2. The van der Waals surface area contributed by atoms with Crippen LogP contribution in [0.4, 0.5) is 5.69 Å². The fraction of sp³-hybridized carbons (Fsp3) is 0. The highest BCUT2D eigenvalue weighted by molar-refractivity contribution is 5.96. The molecule has 0 aliphatic heterocycles. The Morgan fingerprint density at radius 1 is 0.913 bits per heavy atom.